The Balaban J connectivity index is 1.31. The molecule has 3 heterocycles. The molecule has 1 aromatic heterocycles. The lowest BCUT2D eigenvalue weighted by molar-refractivity contribution is -0.159. The molecule has 4 rings (SSSR count). The third-order valence-corrected chi connectivity index (χ3v) is 7.95. The van der Waals surface area contributed by atoms with Crippen LogP contribution in [0.15, 0.2) is 30.5 Å². The summed E-state index contributed by atoms with van der Waals surface area (Å²) in [6.07, 6.45) is 5.21. The van der Waals surface area contributed by atoms with Crippen LogP contribution in [0.2, 0.25) is 10.0 Å². The predicted molar refractivity (Wildman–Crippen MR) is 146 cm³/mol. The number of piperazine rings is 1. The molecule has 35 heavy (non-hydrogen) atoms. The number of nitrogens with zero attached hydrogens (tertiary/aromatic N) is 4. The first-order valence-corrected chi connectivity index (χ1v) is 13.5. The second-order valence-corrected chi connectivity index (χ2v) is 10.4. The smallest absolute Gasteiger partial charge is 0.149 e. The van der Waals surface area contributed by atoms with Crippen LogP contribution in [0.1, 0.15) is 31.7 Å². The minimum Gasteiger partial charge on any atom is -0.398 e. The lowest BCUT2D eigenvalue weighted by Crippen LogP contribution is -2.58. The molecular formula is C24H34Cl2N6O2S. The Labute approximate surface area is 222 Å². The van der Waals surface area contributed by atoms with E-state index in [1.165, 1.54) is 20.0 Å². The van der Waals surface area contributed by atoms with E-state index in [2.05, 4.69) is 36.2 Å². The fourth-order valence-electron chi connectivity index (χ4n) is 5.08. The lowest BCUT2D eigenvalue weighted by atomic mass is 9.97. The summed E-state index contributed by atoms with van der Waals surface area (Å²) in [7, 11) is 1.45. The van der Waals surface area contributed by atoms with Gasteiger partial charge in [0.1, 0.15) is 18.0 Å². The zero-order valence-electron chi connectivity index (χ0n) is 20.3. The van der Waals surface area contributed by atoms with Gasteiger partial charge in [-0.2, -0.15) is 0 Å². The second kappa shape index (κ2) is 12.7. The van der Waals surface area contributed by atoms with Gasteiger partial charge in [-0.05, 0) is 56.1 Å². The van der Waals surface area contributed by atoms with Crippen LogP contribution in [0.3, 0.4) is 0 Å². The molecule has 8 nitrogen and oxygen atoms in total. The van der Waals surface area contributed by atoms with Crippen molar-refractivity contribution >= 4 is 52.6 Å². The van der Waals surface area contributed by atoms with Crippen molar-refractivity contribution < 1.29 is 9.22 Å². The molecule has 2 fully saturated rings. The average Bonchev–Trinajstić information content (AvgIpc) is 2.86. The Morgan fingerprint density at radius 2 is 1.97 bits per heavy atom. The molecule has 2 aliphatic rings. The number of hydrogen-bond acceptors (Lipinski definition) is 9. The van der Waals surface area contributed by atoms with Crippen molar-refractivity contribution in [3.8, 4) is 0 Å². The highest BCUT2D eigenvalue weighted by molar-refractivity contribution is 7.95. The number of nitrogen functional groups attached to an aromatic ring is 1. The number of benzene rings is 1. The van der Waals surface area contributed by atoms with E-state index in [-0.39, 0.29) is 0 Å². The molecule has 2 aromatic rings. The number of halogens is 2. The van der Waals surface area contributed by atoms with Crippen LogP contribution in [-0.2, 0) is 15.8 Å². The largest absolute Gasteiger partial charge is 0.398 e. The summed E-state index contributed by atoms with van der Waals surface area (Å²) in [4.78, 5) is 16.7. The number of piperidine rings is 1. The van der Waals surface area contributed by atoms with Crippen molar-refractivity contribution in [2.45, 2.75) is 44.8 Å². The summed E-state index contributed by atoms with van der Waals surface area (Å²) in [5.74, 6) is 0.836. The fraction of sp³-hybridized carbons (Fsp3) is 0.542. The molecule has 2 aliphatic heterocycles. The van der Waals surface area contributed by atoms with Crippen molar-refractivity contribution in [1.82, 2.24) is 14.8 Å². The number of aromatic nitrogens is 1. The van der Waals surface area contributed by atoms with Gasteiger partial charge < -0.3 is 15.4 Å². The van der Waals surface area contributed by atoms with Crippen LogP contribution in [0.4, 0.5) is 17.2 Å². The molecule has 0 radical (unpaired) electrons. The van der Waals surface area contributed by atoms with Gasteiger partial charge in [-0.15, -0.1) is 4.33 Å². The quantitative estimate of drug-likeness (QED) is 0.113. The van der Waals surface area contributed by atoms with Gasteiger partial charge >= 0.3 is 0 Å². The van der Waals surface area contributed by atoms with E-state index in [9.17, 15) is 0 Å². The van der Waals surface area contributed by atoms with Crippen LogP contribution in [0.5, 0.6) is 0 Å². The fourth-order valence-corrected chi connectivity index (χ4v) is 5.86. The van der Waals surface area contributed by atoms with E-state index in [0.29, 0.717) is 22.1 Å². The van der Waals surface area contributed by atoms with E-state index < -0.39 is 0 Å². The van der Waals surface area contributed by atoms with Gasteiger partial charge in [-0.1, -0.05) is 36.2 Å². The Hall–Kier alpha value is -1.46. The first kappa shape index (κ1) is 26.6. The third kappa shape index (κ3) is 6.85. The van der Waals surface area contributed by atoms with Crippen LogP contribution >= 0.6 is 35.4 Å². The zero-order chi connectivity index (χ0) is 24.8. The highest BCUT2D eigenvalue weighted by Crippen LogP contribution is 2.31. The Bertz CT molecular complexity index is 979. The molecule has 0 spiro atoms. The van der Waals surface area contributed by atoms with E-state index in [0.717, 1.165) is 80.7 Å². The lowest BCUT2D eigenvalue weighted by Gasteiger charge is -2.47. The maximum absolute atomic E-state index is 6.59. The summed E-state index contributed by atoms with van der Waals surface area (Å²) in [5, 5.41) is 1.32. The van der Waals surface area contributed by atoms with E-state index >= 15 is 0 Å². The van der Waals surface area contributed by atoms with Crippen molar-refractivity contribution in [2.75, 3.05) is 55.2 Å². The molecule has 11 heteroatoms. The van der Waals surface area contributed by atoms with E-state index in [4.69, 9.17) is 33.3 Å². The minimum atomic E-state index is 0.480. The van der Waals surface area contributed by atoms with Crippen LogP contribution in [0.25, 0.3) is 0 Å². The van der Waals surface area contributed by atoms with Crippen LogP contribution in [0, 0.1) is 0 Å². The van der Waals surface area contributed by atoms with Gasteiger partial charge in [0.25, 0.3) is 0 Å². The molecule has 3 N–H and O–H groups in total. The number of hydrogen-bond donors (Lipinski definition) is 2. The zero-order valence-corrected chi connectivity index (χ0v) is 22.6. The molecule has 0 amide bonds. The van der Waals surface area contributed by atoms with Crippen LogP contribution in [-0.4, -0.2) is 66.7 Å². The molecule has 1 atom stereocenters. The van der Waals surface area contributed by atoms with E-state index in [1.54, 1.807) is 6.20 Å². The van der Waals surface area contributed by atoms with Gasteiger partial charge in [0.15, 0.2) is 0 Å². The number of anilines is 3. The molecular weight excluding hydrogens is 507 g/mol. The molecule has 0 bridgehead atoms. The van der Waals surface area contributed by atoms with E-state index in [1.807, 2.05) is 24.3 Å². The van der Waals surface area contributed by atoms with Gasteiger partial charge in [-0.3, -0.25) is 9.80 Å². The second-order valence-electron chi connectivity index (χ2n) is 9.05. The number of likely N-dealkylation sites (tertiary alicyclic amines) is 1. The highest BCUT2D eigenvalue weighted by atomic mass is 35.5. The van der Waals surface area contributed by atoms with Crippen molar-refractivity contribution in [2.24, 2.45) is 0 Å². The first-order valence-electron chi connectivity index (χ1n) is 12.0. The normalized spacial score (nSPS) is 20.3. The first-order chi connectivity index (χ1) is 17.0. The number of pyridine rings is 1. The standard InChI is InChI=1S/C24H34Cl2N6O2S/c1-3-20-16-31(24-22(26)13-19(14-28-24)29-35-34-33-2)10-11-32(20)21-6-8-30(9-7-21)15-17-4-5-18(25)12-23(17)27/h4-5,12-14,20-21,29H,3,6-11,15-16,27H2,1-2H3/t20-/m0/s1. The van der Waals surface area contributed by atoms with Crippen LogP contribution < -0.4 is 15.4 Å². The molecule has 0 saturated carbocycles. The minimum absolute atomic E-state index is 0.480. The molecule has 192 valence electrons. The van der Waals surface area contributed by atoms with Gasteiger partial charge in [0.05, 0.1) is 24.0 Å². The maximum atomic E-state index is 6.59. The van der Waals surface area contributed by atoms with Gasteiger partial charge in [0.2, 0.25) is 0 Å². The summed E-state index contributed by atoms with van der Waals surface area (Å²) in [5.41, 5.74) is 8.87. The topological polar surface area (TPSA) is 79.1 Å². The SMILES string of the molecule is CC[C@H]1CN(c2ncc(NSOOC)cc2Cl)CCN1C1CCN(Cc2ccc(Cl)cc2N)CC1. The van der Waals surface area contributed by atoms with Gasteiger partial charge in [-0.25, -0.2) is 9.87 Å². The van der Waals surface area contributed by atoms with Crippen molar-refractivity contribution in [3.63, 3.8) is 0 Å². The summed E-state index contributed by atoms with van der Waals surface area (Å²) in [6, 6.07) is 8.76. The third-order valence-electron chi connectivity index (χ3n) is 6.91. The molecule has 0 unspecified atom stereocenters. The summed E-state index contributed by atoms with van der Waals surface area (Å²) >= 11 is 13.6. The number of nitrogens with one attached hydrogen (secondary N) is 1. The maximum Gasteiger partial charge on any atom is 0.149 e. The van der Waals surface area contributed by atoms with Crippen molar-refractivity contribution in [3.05, 3.63) is 46.1 Å². The highest BCUT2D eigenvalue weighted by Gasteiger charge is 2.34. The average molecular weight is 542 g/mol. The predicted octanol–water partition coefficient (Wildman–Crippen LogP) is 5.09. The Morgan fingerprint density at radius 3 is 2.66 bits per heavy atom. The number of nitrogens with two attached hydrogens (primary N) is 1. The summed E-state index contributed by atoms with van der Waals surface area (Å²) in [6.45, 7) is 8.17. The molecule has 1 aromatic carbocycles. The van der Waals surface area contributed by atoms with Crippen molar-refractivity contribution in [1.29, 1.82) is 0 Å². The molecule has 0 aliphatic carbocycles. The Morgan fingerprint density at radius 1 is 1.17 bits per heavy atom. The Kier molecular flexibility index (Phi) is 9.63. The monoisotopic (exact) mass is 540 g/mol. The van der Waals surface area contributed by atoms with Gasteiger partial charge in [0, 0.05) is 49.0 Å². The molecule has 2 saturated heterocycles. The summed E-state index contributed by atoms with van der Waals surface area (Å²) < 4.78 is 7.76. The number of rotatable bonds is 9.